The van der Waals surface area contributed by atoms with Gasteiger partial charge in [0.1, 0.15) is 0 Å². The molecule has 17 heavy (non-hydrogen) atoms. The Kier molecular flexibility index (Phi) is 4.12. The van der Waals surface area contributed by atoms with Gasteiger partial charge in [-0.1, -0.05) is 12.1 Å². The van der Waals surface area contributed by atoms with Gasteiger partial charge in [-0.3, -0.25) is 4.72 Å². The molecular formula is C9H13NO5S2. The lowest BCUT2D eigenvalue weighted by molar-refractivity contribution is 0.282. The van der Waals surface area contributed by atoms with Crippen LogP contribution in [0.25, 0.3) is 0 Å². The molecule has 0 saturated carbocycles. The number of sulfonamides is 1. The molecule has 8 heteroatoms. The third kappa shape index (κ3) is 5.16. The number of rotatable bonds is 5. The van der Waals surface area contributed by atoms with E-state index in [0.717, 1.165) is 6.26 Å². The van der Waals surface area contributed by atoms with Crippen LogP contribution in [0.3, 0.4) is 0 Å². The van der Waals surface area contributed by atoms with E-state index in [1.807, 2.05) is 0 Å². The van der Waals surface area contributed by atoms with Crippen LogP contribution in [0.15, 0.2) is 24.3 Å². The predicted molar refractivity (Wildman–Crippen MR) is 64.6 cm³/mol. The number of aliphatic hydroxyl groups excluding tert-OH is 1. The molecule has 1 aromatic carbocycles. The molecule has 0 heterocycles. The third-order valence-corrected chi connectivity index (χ3v) is 5.25. The smallest absolute Gasteiger partial charge is 0.247 e. The fraction of sp³-hybridized carbons (Fsp3) is 0.333. The molecule has 2 N–H and O–H groups in total. The molecule has 0 amide bonds. The standard InChI is InChI=1S/C9H13NO5S2/c1-16(12,13)7-17(14,15)10-9-4-2-3-8(5-9)6-11/h2-5,10-11H,6-7H2,1H3. The van der Waals surface area contributed by atoms with Crippen LogP contribution in [-0.4, -0.2) is 33.3 Å². The molecule has 6 nitrogen and oxygen atoms in total. The zero-order valence-corrected chi connectivity index (χ0v) is 10.8. The second-order valence-corrected chi connectivity index (χ2v) is 7.85. The van der Waals surface area contributed by atoms with Gasteiger partial charge in [0.25, 0.3) is 0 Å². The molecular weight excluding hydrogens is 266 g/mol. The predicted octanol–water partition coefficient (Wildman–Crippen LogP) is -0.0773. The number of hydrogen-bond acceptors (Lipinski definition) is 5. The molecule has 0 bridgehead atoms. The molecule has 0 spiro atoms. The molecule has 0 unspecified atom stereocenters. The fourth-order valence-corrected chi connectivity index (χ4v) is 4.20. The van der Waals surface area contributed by atoms with Crippen molar-refractivity contribution in [3.63, 3.8) is 0 Å². The maximum absolute atomic E-state index is 11.5. The van der Waals surface area contributed by atoms with Crippen LogP contribution in [0, 0.1) is 0 Å². The summed E-state index contributed by atoms with van der Waals surface area (Å²) in [6.45, 7) is -0.221. The van der Waals surface area contributed by atoms with Gasteiger partial charge in [0.05, 0.1) is 6.61 Å². The van der Waals surface area contributed by atoms with Gasteiger partial charge in [0.2, 0.25) is 10.0 Å². The van der Waals surface area contributed by atoms with Crippen LogP contribution >= 0.6 is 0 Å². The Morgan fingerprint density at radius 1 is 1.24 bits per heavy atom. The third-order valence-electron chi connectivity index (χ3n) is 1.75. The van der Waals surface area contributed by atoms with E-state index < -0.39 is 24.9 Å². The minimum Gasteiger partial charge on any atom is -0.392 e. The minimum atomic E-state index is -3.94. The number of aliphatic hydroxyl groups is 1. The van der Waals surface area contributed by atoms with Crippen LogP contribution < -0.4 is 4.72 Å². The average molecular weight is 279 g/mol. The summed E-state index contributed by atoms with van der Waals surface area (Å²) < 4.78 is 46.9. The largest absolute Gasteiger partial charge is 0.392 e. The molecule has 0 radical (unpaired) electrons. The quantitative estimate of drug-likeness (QED) is 0.785. The van der Waals surface area contributed by atoms with Gasteiger partial charge in [0.15, 0.2) is 14.9 Å². The molecule has 0 fully saturated rings. The van der Waals surface area contributed by atoms with E-state index in [1.165, 1.54) is 12.1 Å². The maximum atomic E-state index is 11.5. The minimum absolute atomic E-state index is 0.221. The molecule has 0 aliphatic carbocycles. The first-order chi connectivity index (χ1) is 7.72. The van der Waals surface area contributed by atoms with E-state index in [2.05, 4.69) is 4.72 Å². The van der Waals surface area contributed by atoms with Gasteiger partial charge in [-0.25, -0.2) is 16.8 Å². The van der Waals surface area contributed by atoms with Crippen molar-refractivity contribution >= 4 is 25.5 Å². The first kappa shape index (κ1) is 13.9. The lowest BCUT2D eigenvalue weighted by Crippen LogP contribution is -2.22. The normalized spacial score (nSPS) is 12.4. The van der Waals surface area contributed by atoms with Crippen LogP contribution in [0.4, 0.5) is 5.69 Å². The van der Waals surface area contributed by atoms with E-state index in [9.17, 15) is 16.8 Å². The summed E-state index contributed by atoms with van der Waals surface area (Å²) >= 11 is 0. The molecule has 1 rings (SSSR count). The van der Waals surface area contributed by atoms with Crippen LogP contribution in [0.5, 0.6) is 0 Å². The first-order valence-electron chi connectivity index (χ1n) is 4.60. The topological polar surface area (TPSA) is 101 Å². The molecule has 0 aliphatic heterocycles. The summed E-state index contributed by atoms with van der Waals surface area (Å²) in [5.41, 5.74) is 0.754. The van der Waals surface area contributed by atoms with E-state index in [4.69, 9.17) is 5.11 Å². The van der Waals surface area contributed by atoms with Crippen molar-refractivity contribution in [1.29, 1.82) is 0 Å². The second kappa shape index (κ2) is 5.03. The number of nitrogens with one attached hydrogen (secondary N) is 1. The van der Waals surface area contributed by atoms with Gasteiger partial charge in [-0.05, 0) is 17.7 Å². The fourth-order valence-electron chi connectivity index (χ4n) is 1.22. The van der Waals surface area contributed by atoms with E-state index >= 15 is 0 Å². The molecule has 1 aromatic rings. The Morgan fingerprint density at radius 2 is 1.88 bits per heavy atom. The van der Waals surface area contributed by atoms with Crippen molar-refractivity contribution in [2.75, 3.05) is 16.1 Å². The van der Waals surface area contributed by atoms with Crippen molar-refractivity contribution in [3.8, 4) is 0 Å². The van der Waals surface area contributed by atoms with Crippen molar-refractivity contribution in [2.45, 2.75) is 6.61 Å². The number of sulfone groups is 1. The summed E-state index contributed by atoms with van der Waals surface area (Å²) in [6.07, 6.45) is 0.844. The van der Waals surface area contributed by atoms with Crippen LogP contribution in [0.2, 0.25) is 0 Å². The molecule has 0 aliphatic rings. The monoisotopic (exact) mass is 279 g/mol. The van der Waals surface area contributed by atoms with Crippen molar-refractivity contribution < 1.29 is 21.9 Å². The summed E-state index contributed by atoms with van der Waals surface area (Å²) in [5, 5.41) is 7.90. The van der Waals surface area contributed by atoms with Gasteiger partial charge in [0, 0.05) is 11.9 Å². The highest BCUT2D eigenvalue weighted by atomic mass is 32.3. The number of hydrogen-bond donors (Lipinski definition) is 2. The Bertz CT molecular complexity index is 592. The Labute approximate surface area is 100 Å². The Hall–Kier alpha value is -1.12. The van der Waals surface area contributed by atoms with Gasteiger partial charge < -0.3 is 5.11 Å². The average Bonchev–Trinajstić information content (AvgIpc) is 2.13. The summed E-state index contributed by atoms with van der Waals surface area (Å²) in [4.78, 5) is 0. The summed E-state index contributed by atoms with van der Waals surface area (Å²) in [7, 11) is -7.55. The first-order valence-corrected chi connectivity index (χ1v) is 8.31. The second-order valence-electron chi connectivity index (χ2n) is 3.62. The van der Waals surface area contributed by atoms with Crippen molar-refractivity contribution in [2.24, 2.45) is 0 Å². The molecule has 96 valence electrons. The lowest BCUT2D eigenvalue weighted by atomic mass is 10.2. The van der Waals surface area contributed by atoms with Crippen LogP contribution in [-0.2, 0) is 26.5 Å². The van der Waals surface area contributed by atoms with E-state index in [-0.39, 0.29) is 12.3 Å². The Balaban J connectivity index is 2.90. The van der Waals surface area contributed by atoms with Crippen LogP contribution in [0.1, 0.15) is 5.56 Å². The lowest BCUT2D eigenvalue weighted by Gasteiger charge is -2.07. The van der Waals surface area contributed by atoms with Crippen molar-refractivity contribution in [1.82, 2.24) is 0 Å². The number of benzene rings is 1. The SMILES string of the molecule is CS(=O)(=O)CS(=O)(=O)Nc1cccc(CO)c1. The number of anilines is 1. The summed E-state index contributed by atoms with van der Waals surface area (Å²) in [5.74, 6) is 0. The van der Waals surface area contributed by atoms with Crippen molar-refractivity contribution in [3.05, 3.63) is 29.8 Å². The molecule has 0 aromatic heterocycles. The Morgan fingerprint density at radius 3 is 2.41 bits per heavy atom. The van der Waals surface area contributed by atoms with E-state index in [0.29, 0.717) is 5.56 Å². The van der Waals surface area contributed by atoms with Gasteiger partial charge in [-0.15, -0.1) is 0 Å². The summed E-state index contributed by atoms with van der Waals surface area (Å²) in [6, 6.07) is 6.08. The highest BCUT2D eigenvalue weighted by Gasteiger charge is 2.17. The van der Waals surface area contributed by atoms with E-state index in [1.54, 1.807) is 12.1 Å². The van der Waals surface area contributed by atoms with Gasteiger partial charge >= 0.3 is 0 Å². The highest BCUT2D eigenvalue weighted by Crippen LogP contribution is 2.13. The molecule has 0 saturated heterocycles. The van der Waals surface area contributed by atoms with Gasteiger partial charge in [-0.2, -0.15) is 0 Å². The zero-order chi connectivity index (χ0) is 13.1. The zero-order valence-electron chi connectivity index (χ0n) is 9.12. The highest BCUT2D eigenvalue weighted by molar-refractivity contribution is 8.08. The maximum Gasteiger partial charge on any atom is 0.247 e. The molecule has 0 atom stereocenters.